The monoisotopic (exact) mass is 350 g/mol. The van der Waals surface area contributed by atoms with Crippen molar-refractivity contribution < 1.29 is 9.59 Å². The fourth-order valence-corrected chi connectivity index (χ4v) is 4.14. The molecule has 1 atom stereocenters. The lowest BCUT2D eigenvalue weighted by Gasteiger charge is -2.45. The molecule has 26 heavy (non-hydrogen) atoms. The first-order valence-corrected chi connectivity index (χ1v) is 9.07. The molecule has 0 bridgehead atoms. The third-order valence-electron chi connectivity index (χ3n) is 5.61. The van der Waals surface area contributed by atoms with Gasteiger partial charge in [-0.2, -0.15) is 0 Å². The second kappa shape index (κ2) is 6.20. The van der Waals surface area contributed by atoms with E-state index in [1.54, 1.807) is 30.3 Å². The van der Waals surface area contributed by atoms with Gasteiger partial charge < -0.3 is 9.80 Å². The smallest absolute Gasteiger partial charge is 0.252 e. The van der Waals surface area contributed by atoms with Crippen LogP contribution in [0.2, 0.25) is 0 Å². The van der Waals surface area contributed by atoms with Gasteiger partial charge in [0.05, 0.1) is 12.6 Å². The van der Waals surface area contributed by atoms with Crippen LogP contribution >= 0.6 is 0 Å². The fourth-order valence-electron chi connectivity index (χ4n) is 4.14. The molecule has 6 nitrogen and oxygen atoms in total. The van der Waals surface area contributed by atoms with Gasteiger partial charge in [0.2, 0.25) is 0 Å². The van der Waals surface area contributed by atoms with Gasteiger partial charge in [-0.05, 0) is 19.3 Å². The van der Waals surface area contributed by atoms with Crippen molar-refractivity contribution in [2.24, 2.45) is 0 Å². The molecule has 0 saturated carbocycles. The maximum atomic E-state index is 12.9. The van der Waals surface area contributed by atoms with E-state index in [9.17, 15) is 9.59 Å². The van der Waals surface area contributed by atoms with Gasteiger partial charge in [0.15, 0.2) is 11.6 Å². The van der Waals surface area contributed by atoms with E-state index >= 15 is 0 Å². The molecule has 1 aromatic carbocycles. The van der Waals surface area contributed by atoms with E-state index in [0.717, 1.165) is 37.3 Å². The fraction of sp³-hybridized carbons (Fsp3) is 0.400. The highest BCUT2D eigenvalue weighted by Gasteiger charge is 2.52. The van der Waals surface area contributed by atoms with Crippen LogP contribution in [-0.4, -0.2) is 40.8 Å². The third-order valence-corrected chi connectivity index (χ3v) is 5.61. The lowest BCUT2D eigenvalue weighted by atomic mass is 9.89. The summed E-state index contributed by atoms with van der Waals surface area (Å²) >= 11 is 0. The zero-order valence-electron chi connectivity index (χ0n) is 15.1. The lowest BCUT2D eigenvalue weighted by Crippen LogP contribution is -2.59. The Hall–Kier alpha value is -2.76. The van der Waals surface area contributed by atoms with Crippen LogP contribution in [0.3, 0.4) is 0 Å². The molecule has 1 fully saturated rings. The summed E-state index contributed by atoms with van der Waals surface area (Å²) in [7, 11) is 1.78. The second-order valence-corrected chi connectivity index (χ2v) is 6.97. The van der Waals surface area contributed by atoms with E-state index < -0.39 is 5.54 Å². The van der Waals surface area contributed by atoms with Gasteiger partial charge in [0, 0.05) is 19.2 Å². The van der Waals surface area contributed by atoms with Crippen molar-refractivity contribution in [1.82, 2.24) is 9.97 Å². The predicted molar refractivity (Wildman–Crippen MR) is 99.5 cm³/mol. The van der Waals surface area contributed by atoms with Crippen LogP contribution in [0.5, 0.6) is 0 Å². The molecule has 1 amide bonds. The Morgan fingerprint density at radius 2 is 2.04 bits per heavy atom. The second-order valence-electron chi connectivity index (χ2n) is 6.97. The molecular formula is C20H22N4O2. The number of likely N-dealkylation sites (N-methyl/N-ethyl adjacent to an activating group) is 1. The minimum Gasteiger partial charge on any atom is -0.340 e. The first kappa shape index (κ1) is 16.7. The van der Waals surface area contributed by atoms with E-state index in [2.05, 4.69) is 16.8 Å². The average molecular weight is 350 g/mol. The molecule has 2 aromatic rings. The van der Waals surface area contributed by atoms with Crippen molar-refractivity contribution in [2.75, 3.05) is 23.4 Å². The molecule has 1 saturated heterocycles. The lowest BCUT2D eigenvalue weighted by molar-refractivity contribution is -0.123. The molecule has 0 N–H and O–H groups in total. The van der Waals surface area contributed by atoms with Crippen molar-refractivity contribution in [3.63, 3.8) is 0 Å². The van der Waals surface area contributed by atoms with Gasteiger partial charge in [-0.1, -0.05) is 37.3 Å². The number of amides is 1. The normalized spacial score (nSPS) is 21.5. The van der Waals surface area contributed by atoms with Crippen molar-refractivity contribution in [2.45, 2.75) is 38.1 Å². The summed E-state index contributed by atoms with van der Waals surface area (Å²) in [6.07, 6.45) is 4.38. The predicted octanol–water partition coefficient (Wildman–Crippen LogP) is 2.63. The van der Waals surface area contributed by atoms with Crippen LogP contribution in [-0.2, 0) is 11.2 Å². The van der Waals surface area contributed by atoms with Crippen LogP contribution < -0.4 is 9.80 Å². The van der Waals surface area contributed by atoms with Crippen LogP contribution in [0.25, 0.3) is 0 Å². The van der Waals surface area contributed by atoms with Gasteiger partial charge >= 0.3 is 0 Å². The number of carbonyl (C=O) groups excluding carboxylic acids is 2. The van der Waals surface area contributed by atoms with Crippen molar-refractivity contribution in [3.8, 4) is 0 Å². The van der Waals surface area contributed by atoms with Gasteiger partial charge in [0.25, 0.3) is 5.91 Å². The first-order chi connectivity index (χ1) is 12.6. The minimum absolute atomic E-state index is 0.00559. The number of nitrogens with zero attached hydrogens (tertiary/aromatic N) is 4. The van der Waals surface area contributed by atoms with Crippen molar-refractivity contribution >= 4 is 23.2 Å². The molecule has 3 heterocycles. The number of carbonyl (C=O) groups is 2. The summed E-state index contributed by atoms with van der Waals surface area (Å²) < 4.78 is 0. The van der Waals surface area contributed by atoms with E-state index in [1.165, 1.54) is 0 Å². The van der Waals surface area contributed by atoms with E-state index in [-0.39, 0.29) is 18.1 Å². The van der Waals surface area contributed by atoms with Gasteiger partial charge in [0.1, 0.15) is 17.1 Å². The molecule has 0 unspecified atom stereocenters. The topological polar surface area (TPSA) is 66.4 Å². The molecule has 1 aromatic heterocycles. The summed E-state index contributed by atoms with van der Waals surface area (Å²) in [4.78, 5) is 38.3. The number of rotatable bonds is 4. The van der Waals surface area contributed by atoms with Crippen molar-refractivity contribution in [1.29, 1.82) is 0 Å². The Kier molecular flexibility index (Phi) is 3.98. The Balaban J connectivity index is 1.69. The van der Waals surface area contributed by atoms with E-state index in [1.807, 2.05) is 18.2 Å². The Labute approximate surface area is 152 Å². The maximum Gasteiger partial charge on any atom is 0.252 e. The Bertz CT molecular complexity index is 867. The molecule has 4 rings (SSSR count). The van der Waals surface area contributed by atoms with E-state index in [0.29, 0.717) is 11.4 Å². The van der Waals surface area contributed by atoms with Crippen LogP contribution in [0, 0.1) is 0 Å². The van der Waals surface area contributed by atoms with E-state index in [4.69, 9.17) is 4.98 Å². The summed E-state index contributed by atoms with van der Waals surface area (Å²) in [5.74, 6) is 1.38. The number of aromatic nitrogens is 2. The zero-order valence-corrected chi connectivity index (χ0v) is 15.1. The number of fused-ring (bicyclic) bond motifs is 3. The SMILES string of the molecule is CC[C@@]12CCCN1c1nc(CC(=O)c3ccccc3)ncc1N(C)C2=O. The Morgan fingerprint density at radius 3 is 2.77 bits per heavy atom. The summed E-state index contributed by atoms with van der Waals surface area (Å²) in [5.41, 5.74) is 0.874. The number of anilines is 2. The summed E-state index contributed by atoms with van der Waals surface area (Å²) in [5, 5.41) is 0. The number of ketones is 1. The highest BCUT2D eigenvalue weighted by atomic mass is 16.2. The molecule has 134 valence electrons. The molecule has 2 aliphatic heterocycles. The largest absolute Gasteiger partial charge is 0.340 e. The van der Waals surface area contributed by atoms with Crippen LogP contribution in [0.4, 0.5) is 11.5 Å². The van der Waals surface area contributed by atoms with Gasteiger partial charge in [-0.3, -0.25) is 9.59 Å². The molecule has 2 aliphatic rings. The molecule has 6 heteroatoms. The van der Waals surface area contributed by atoms with Gasteiger partial charge in [-0.25, -0.2) is 9.97 Å². The molecule has 0 spiro atoms. The quantitative estimate of drug-likeness (QED) is 0.793. The minimum atomic E-state index is -0.503. The first-order valence-electron chi connectivity index (χ1n) is 9.07. The number of hydrogen-bond donors (Lipinski definition) is 0. The van der Waals surface area contributed by atoms with Gasteiger partial charge in [-0.15, -0.1) is 0 Å². The van der Waals surface area contributed by atoms with Crippen LogP contribution in [0.1, 0.15) is 42.4 Å². The standard InChI is InChI=1S/C20H22N4O2/c1-3-20-10-7-11-24(20)18-15(23(2)19(20)26)13-21-17(22-18)12-16(25)14-8-5-4-6-9-14/h4-6,8-9,13H,3,7,10-12H2,1-2H3/t20-/m0/s1. The van der Waals surface area contributed by atoms with Crippen molar-refractivity contribution in [3.05, 3.63) is 47.9 Å². The highest BCUT2D eigenvalue weighted by Crippen LogP contribution is 2.45. The third kappa shape index (κ3) is 2.40. The Morgan fingerprint density at radius 1 is 1.27 bits per heavy atom. The molecule has 0 radical (unpaired) electrons. The van der Waals surface area contributed by atoms with Crippen LogP contribution in [0.15, 0.2) is 36.5 Å². The summed E-state index contributed by atoms with van der Waals surface area (Å²) in [6, 6.07) is 9.19. The molecule has 0 aliphatic carbocycles. The molecular weight excluding hydrogens is 328 g/mol. The number of benzene rings is 1. The zero-order chi connectivity index (χ0) is 18.3. The maximum absolute atomic E-state index is 12.9. The highest BCUT2D eigenvalue weighted by molar-refractivity contribution is 6.07. The average Bonchev–Trinajstić information content (AvgIpc) is 3.12. The number of Topliss-reactive ketones (excluding diaryl/α,β-unsaturated/α-hetero) is 1. The summed E-state index contributed by atoms with van der Waals surface area (Å²) in [6.45, 7) is 2.86. The number of hydrogen-bond acceptors (Lipinski definition) is 5.